The lowest BCUT2D eigenvalue weighted by molar-refractivity contribution is -0.153. The van der Waals surface area contributed by atoms with Gasteiger partial charge in [0, 0.05) is 0 Å². The van der Waals surface area contributed by atoms with E-state index in [1.54, 1.807) is 24.3 Å². The number of hydrogen-bond donors (Lipinski definition) is 0. The van der Waals surface area contributed by atoms with E-state index in [0.29, 0.717) is 0 Å². The average molecular weight is 306 g/mol. The van der Waals surface area contributed by atoms with Gasteiger partial charge in [0.05, 0.1) is 0 Å². The number of ether oxygens (including phenoxy) is 1. The summed E-state index contributed by atoms with van der Waals surface area (Å²) >= 11 is 0. The molecule has 1 nitrogen and oxygen atoms in total. The summed E-state index contributed by atoms with van der Waals surface area (Å²) in [7, 11) is 0. The van der Waals surface area contributed by atoms with Gasteiger partial charge in [-0.2, -0.15) is 13.2 Å². The molecular weight excluding hydrogens is 289 g/mol. The minimum Gasteiger partial charge on any atom is -0.484 e. The van der Waals surface area contributed by atoms with Crippen molar-refractivity contribution in [3.63, 3.8) is 0 Å². The lowest BCUT2D eigenvalue weighted by Gasteiger charge is -2.10. The molecule has 116 valence electrons. The van der Waals surface area contributed by atoms with Crippen LogP contribution in [0.4, 0.5) is 13.2 Å². The third-order valence-electron chi connectivity index (χ3n) is 3.18. The number of allylic oxidation sites excluding steroid dienone is 1. The fraction of sp³-hybridized carbons (Fsp3) is 0.222. The van der Waals surface area contributed by atoms with Crippen LogP contribution in [-0.4, -0.2) is 12.8 Å². The Bertz CT molecular complexity index is 598. The van der Waals surface area contributed by atoms with Crippen molar-refractivity contribution in [1.82, 2.24) is 0 Å². The average Bonchev–Trinajstić information content (AvgIpc) is 2.51. The van der Waals surface area contributed by atoms with Crippen LogP contribution in [-0.2, 0) is 6.42 Å². The molecule has 0 atom stereocenters. The highest BCUT2D eigenvalue weighted by molar-refractivity contribution is 5.64. The fourth-order valence-corrected chi connectivity index (χ4v) is 2.04. The largest absolute Gasteiger partial charge is 0.484 e. The highest BCUT2D eigenvalue weighted by Gasteiger charge is 2.28. The summed E-state index contributed by atoms with van der Waals surface area (Å²) < 4.78 is 40.9. The standard InChI is InChI=1S/C18H17F3O/c1-2-3-4-14-5-7-15(8-6-14)16-9-11-17(12-10-16)22-13-18(19,20)21/h2,5-12H,1,3-4,13H2. The molecule has 0 aliphatic heterocycles. The van der Waals surface area contributed by atoms with Crippen molar-refractivity contribution in [2.45, 2.75) is 19.0 Å². The van der Waals surface area contributed by atoms with E-state index in [4.69, 9.17) is 4.74 Å². The number of alkyl halides is 3. The van der Waals surface area contributed by atoms with E-state index in [9.17, 15) is 13.2 Å². The normalized spacial score (nSPS) is 11.2. The summed E-state index contributed by atoms with van der Waals surface area (Å²) in [4.78, 5) is 0. The van der Waals surface area contributed by atoms with Gasteiger partial charge in [-0.3, -0.25) is 0 Å². The second kappa shape index (κ2) is 7.16. The SMILES string of the molecule is C=CCCc1ccc(-c2ccc(OCC(F)(F)F)cc2)cc1. The molecule has 0 radical (unpaired) electrons. The lowest BCUT2D eigenvalue weighted by atomic mass is 10.0. The first-order valence-electron chi connectivity index (χ1n) is 6.98. The number of rotatable bonds is 6. The van der Waals surface area contributed by atoms with Crippen LogP contribution in [0.1, 0.15) is 12.0 Å². The van der Waals surface area contributed by atoms with Gasteiger partial charge in [-0.25, -0.2) is 0 Å². The zero-order valence-electron chi connectivity index (χ0n) is 12.1. The maximum absolute atomic E-state index is 12.1. The van der Waals surface area contributed by atoms with Crippen LogP contribution < -0.4 is 4.74 Å². The van der Waals surface area contributed by atoms with Gasteiger partial charge in [0.1, 0.15) is 5.75 Å². The molecule has 0 amide bonds. The number of halogens is 3. The predicted molar refractivity (Wildman–Crippen MR) is 81.9 cm³/mol. The van der Waals surface area contributed by atoms with Gasteiger partial charge in [-0.05, 0) is 41.7 Å². The first-order valence-corrected chi connectivity index (χ1v) is 6.98. The molecular formula is C18H17F3O. The second-order valence-corrected chi connectivity index (χ2v) is 4.95. The number of benzene rings is 2. The third-order valence-corrected chi connectivity index (χ3v) is 3.18. The third kappa shape index (κ3) is 4.95. The molecule has 0 saturated heterocycles. The topological polar surface area (TPSA) is 9.23 Å². The van der Waals surface area contributed by atoms with Crippen LogP contribution in [0.2, 0.25) is 0 Å². The van der Waals surface area contributed by atoms with Gasteiger partial charge in [0.15, 0.2) is 6.61 Å². The Morgan fingerprint density at radius 2 is 1.45 bits per heavy atom. The van der Waals surface area contributed by atoms with Crippen molar-refractivity contribution in [2.24, 2.45) is 0 Å². The van der Waals surface area contributed by atoms with E-state index in [-0.39, 0.29) is 5.75 Å². The van der Waals surface area contributed by atoms with Gasteiger partial charge < -0.3 is 4.74 Å². The molecule has 2 aromatic rings. The molecule has 2 rings (SSSR count). The second-order valence-electron chi connectivity index (χ2n) is 4.95. The summed E-state index contributed by atoms with van der Waals surface area (Å²) in [5.74, 6) is 0.212. The smallest absolute Gasteiger partial charge is 0.422 e. The highest BCUT2D eigenvalue weighted by Crippen LogP contribution is 2.24. The zero-order valence-corrected chi connectivity index (χ0v) is 12.1. The molecule has 0 N–H and O–H groups in total. The van der Waals surface area contributed by atoms with Gasteiger partial charge in [-0.15, -0.1) is 6.58 Å². The Hall–Kier alpha value is -2.23. The minimum absolute atomic E-state index is 0.212. The minimum atomic E-state index is -4.32. The number of hydrogen-bond acceptors (Lipinski definition) is 1. The molecule has 0 saturated carbocycles. The molecule has 0 bridgehead atoms. The molecule has 0 heterocycles. The molecule has 0 spiro atoms. The Morgan fingerprint density at radius 3 is 1.95 bits per heavy atom. The van der Waals surface area contributed by atoms with Gasteiger partial charge >= 0.3 is 6.18 Å². The molecule has 0 aliphatic rings. The fourth-order valence-electron chi connectivity index (χ4n) is 2.04. The van der Waals surface area contributed by atoms with E-state index in [1.807, 2.05) is 30.3 Å². The first-order chi connectivity index (χ1) is 10.5. The van der Waals surface area contributed by atoms with Crippen LogP contribution in [0.15, 0.2) is 61.2 Å². The Morgan fingerprint density at radius 1 is 0.909 bits per heavy atom. The molecule has 0 unspecified atom stereocenters. The first kappa shape index (κ1) is 16.1. The van der Waals surface area contributed by atoms with Gasteiger partial charge in [0.25, 0.3) is 0 Å². The monoisotopic (exact) mass is 306 g/mol. The van der Waals surface area contributed by atoms with Crippen molar-refractivity contribution < 1.29 is 17.9 Å². The Kier molecular flexibility index (Phi) is 5.26. The zero-order chi connectivity index (χ0) is 16.0. The summed E-state index contributed by atoms with van der Waals surface area (Å²) in [6.07, 6.45) is -0.549. The number of aryl methyl sites for hydroxylation is 1. The lowest BCUT2D eigenvalue weighted by Crippen LogP contribution is -2.19. The molecule has 0 aromatic heterocycles. The van der Waals surface area contributed by atoms with Crippen LogP contribution in [0.3, 0.4) is 0 Å². The molecule has 0 aliphatic carbocycles. The van der Waals surface area contributed by atoms with Crippen molar-refractivity contribution in [3.8, 4) is 16.9 Å². The van der Waals surface area contributed by atoms with Gasteiger partial charge in [0.2, 0.25) is 0 Å². The molecule has 4 heteroatoms. The van der Waals surface area contributed by atoms with E-state index >= 15 is 0 Å². The predicted octanol–water partition coefficient (Wildman–Crippen LogP) is 5.41. The molecule has 2 aromatic carbocycles. The van der Waals surface area contributed by atoms with Crippen molar-refractivity contribution in [2.75, 3.05) is 6.61 Å². The van der Waals surface area contributed by atoms with Crippen molar-refractivity contribution in [1.29, 1.82) is 0 Å². The van der Waals surface area contributed by atoms with Crippen molar-refractivity contribution >= 4 is 0 Å². The summed E-state index contributed by atoms with van der Waals surface area (Å²) in [5, 5.41) is 0. The summed E-state index contributed by atoms with van der Waals surface area (Å²) in [6, 6.07) is 14.7. The van der Waals surface area contributed by atoms with Crippen LogP contribution in [0.5, 0.6) is 5.75 Å². The van der Waals surface area contributed by atoms with Gasteiger partial charge in [-0.1, -0.05) is 42.5 Å². The van der Waals surface area contributed by atoms with E-state index in [2.05, 4.69) is 6.58 Å². The summed E-state index contributed by atoms with van der Waals surface area (Å²) in [5.41, 5.74) is 3.19. The molecule has 22 heavy (non-hydrogen) atoms. The highest BCUT2D eigenvalue weighted by atomic mass is 19.4. The summed E-state index contributed by atoms with van der Waals surface area (Å²) in [6.45, 7) is 2.42. The van der Waals surface area contributed by atoms with Crippen molar-refractivity contribution in [3.05, 3.63) is 66.7 Å². The quantitative estimate of drug-likeness (QED) is 0.648. The van der Waals surface area contributed by atoms with Crippen LogP contribution in [0.25, 0.3) is 11.1 Å². The van der Waals surface area contributed by atoms with E-state index < -0.39 is 12.8 Å². The van der Waals surface area contributed by atoms with Crippen LogP contribution >= 0.6 is 0 Å². The maximum atomic E-state index is 12.1. The van der Waals surface area contributed by atoms with Crippen LogP contribution in [0, 0.1) is 0 Å². The Labute approximate surface area is 128 Å². The van der Waals surface area contributed by atoms with E-state index in [0.717, 1.165) is 24.0 Å². The van der Waals surface area contributed by atoms with E-state index in [1.165, 1.54) is 5.56 Å². The maximum Gasteiger partial charge on any atom is 0.422 e. The molecule has 0 fully saturated rings. The Balaban J connectivity index is 2.02.